The average Bonchev–Trinajstić information content (AvgIpc) is 4.04. The number of amides is 6. The predicted octanol–water partition coefficient (Wildman–Crippen LogP) is 3.10. The van der Waals surface area contributed by atoms with Crippen LogP contribution in [0.5, 0.6) is 0 Å². The maximum Gasteiger partial charge on any atom is 0.329 e. The molecule has 1 aromatic carbocycles. The fourth-order valence-electron chi connectivity index (χ4n) is 9.78. The van der Waals surface area contributed by atoms with Gasteiger partial charge in [0.2, 0.25) is 23.6 Å². The van der Waals surface area contributed by atoms with E-state index < -0.39 is 120 Å². The lowest BCUT2D eigenvalue weighted by Crippen LogP contribution is -2.61. The molecule has 0 aliphatic carbocycles. The molecule has 0 aromatic heterocycles. The largest absolute Gasteiger partial charge is 0.452 e. The van der Waals surface area contributed by atoms with Gasteiger partial charge in [-0.25, -0.2) is 4.79 Å². The lowest BCUT2D eigenvalue weighted by atomic mass is 9.91. The minimum atomic E-state index is -1.30. The van der Waals surface area contributed by atoms with Crippen molar-refractivity contribution in [3.8, 4) is 0 Å². The summed E-state index contributed by atoms with van der Waals surface area (Å²) in [6.07, 6.45) is 0.372. The first kappa shape index (κ1) is 49.0. The molecule has 5 rings (SSSR count). The van der Waals surface area contributed by atoms with Crippen molar-refractivity contribution in [3.63, 3.8) is 0 Å². The minimum absolute atomic E-state index is 0.206. The summed E-state index contributed by atoms with van der Waals surface area (Å²) in [6, 6.07) is 3.91. The maximum absolute atomic E-state index is 14.8. The van der Waals surface area contributed by atoms with E-state index in [0.29, 0.717) is 38.5 Å². The van der Waals surface area contributed by atoms with E-state index in [1.54, 1.807) is 34.6 Å². The van der Waals surface area contributed by atoms with Gasteiger partial charge < -0.3 is 39.7 Å². The number of likely N-dealkylation sites (N-methyl/N-ethyl adjacent to an activating group) is 1. The molecule has 10 atom stereocenters. The fraction of sp³-hybridized carbons (Fsp3) is 0.702. The van der Waals surface area contributed by atoms with Crippen molar-refractivity contribution < 1.29 is 47.8 Å². The van der Waals surface area contributed by atoms with E-state index in [9.17, 15) is 38.4 Å². The molecule has 0 bridgehead atoms. The van der Waals surface area contributed by atoms with Gasteiger partial charge in [-0.3, -0.25) is 33.6 Å². The molecule has 1 aromatic rings. The van der Waals surface area contributed by atoms with Crippen molar-refractivity contribution in [2.75, 3.05) is 26.7 Å². The molecule has 0 spiro atoms. The molecule has 16 nitrogen and oxygen atoms in total. The number of carbonyl (C=O) groups is 8. The summed E-state index contributed by atoms with van der Waals surface area (Å²) in [6.45, 7) is 16.4. The number of hydrogen-bond donors (Lipinski definition) is 2. The van der Waals surface area contributed by atoms with Crippen LogP contribution in [0.1, 0.15) is 106 Å². The van der Waals surface area contributed by atoms with Crippen molar-refractivity contribution in [2.45, 2.75) is 156 Å². The average molecular weight is 879 g/mol. The SMILES string of the molecule is CC(C)C1NC(=O)[C@@H]2CCCN2C(=O)[C@H]([C@H](C)Cc2ccccc2)NC(=O)[C@@H]2CCCN2C(=O)[C@@H](C(C)C)N(C)C(=O)[C@H](C(C)C)OC(=O)[C@@H]2CCCN2C(=O)[C@H](C)OC(=O)[C@@H]1C. The van der Waals surface area contributed by atoms with Crippen LogP contribution in [0.15, 0.2) is 30.3 Å². The number of hydrogen-bond acceptors (Lipinski definition) is 10. The van der Waals surface area contributed by atoms with Crippen molar-refractivity contribution in [3.05, 3.63) is 35.9 Å². The Morgan fingerprint density at radius 3 is 1.67 bits per heavy atom. The third-order valence-electron chi connectivity index (χ3n) is 13.3. The summed E-state index contributed by atoms with van der Waals surface area (Å²) >= 11 is 0. The Labute approximate surface area is 372 Å². The van der Waals surface area contributed by atoms with Gasteiger partial charge in [0.25, 0.3) is 11.8 Å². The first-order valence-electron chi connectivity index (χ1n) is 23.0. The number of nitrogens with zero attached hydrogens (tertiary/aromatic N) is 4. The van der Waals surface area contributed by atoms with Crippen LogP contribution in [0.4, 0.5) is 0 Å². The monoisotopic (exact) mass is 879 g/mol. The summed E-state index contributed by atoms with van der Waals surface area (Å²) in [5.41, 5.74) is 0.954. The number of esters is 2. The molecular weight excluding hydrogens is 809 g/mol. The summed E-state index contributed by atoms with van der Waals surface area (Å²) in [7, 11) is 1.49. The van der Waals surface area contributed by atoms with Crippen LogP contribution in [-0.4, -0.2) is 142 Å². The molecule has 348 valence electrons. The van der Waals surface area contributed by atoms with Gasteiger partial charge in [0.1, 0.15) is 30.2 Å². The molecule has 4 aliphatic heterocycles. The molecule has 6 amide bonds. The van der Waals surface area contributed by atoms with E-state index in [2.05, 4.69) is 10.6 Å². The first-order valence-corrected chi connectivity index (χ1v) is 23.0. The van der Waals surface area contributed by atoms with Gasteiger partial charge in [-0.2, -0.15) is 0 Å². The highest BCUT2D eigenvalue weighted by molar-refractivity contribution is 5.97. The smallest absolute Gasteiger partial charge is 0.329 e. The van der Waals surface area contributed by atoms with Crippen LogP contribution in [0.25, 0.3) is 0 Å². The van der Waals surface area contributed by atoms with Gasteiger partial charge in [0.05, 0.1) is 5.92 Å². The number of rotatable bonds is 6. The molecular formula is C47H70N6O10. The Balaban J connectivity index is 1.54. The van der Waals surface area contributed by atoms with Crippen LogP contribution in [0.3, 0.4) is 0 Å². The normalized spacial score (nSPS) is 30.7. The van der Waals surface area contributed by atoms with Crippen molar-refractivity contribution in [2.24, 2.45) is 29.6 Å². The summed E-state index contributed by atoms with van der Waals surface area (Å²) in [5, 5.41) is 6.05. The molecule has 0 radical (unpaired) electrons. The Kier molecular flexibility index (Phi) is 16.4. The molecule has 16 heteroatoms. The van der Waals surface area contributed by atoms with E-state index in [4.69, 9.17) is 9.47 Å². The zero-order valence-electron chi connectivity index (χ0n) is 38.8. The Bertz CT molecular complexity index is 1860. The van der Waals surface area contributed by atoms with Crippen LogP contribution in [0, 0.1) is 29.6 Å². The molecule has 4 fully saturated rings. The van der Waals surface area contributed by atoms with Crippen LogP contribution in [0.2, 0.25) is 0 Å². The highest BCUT2D eigenvalue weighted by Crippen LogP contribution is 2.29. The zero-order valence-corrected chi connectivity index (χ0v) is 38.8. The predicted molar refractivity (Wildman–Crippen MR) is 233 cm³/mol. The number of carbonyl (C=O) groups excluding carboxylic acids is 8. The number of nitrogens with one attached hydrogen (secondary N) is 2. The first-order chi connectivity index (χ1) is 29.7. The van der Waals surface area contributed by atoms with E-state index in [1.165, 1.54) is 33.6 Å². The third-order valence-corrected chi connectivity index (χ3v) is 13.3. The van der Waals surface area contributed by atoms with E-state index in [0.717, 1.165) is 5.56 Å². The third kappa shape index (κ3) is 11.0. The lowest BCUT2D eigenvalue weighted by molar-refractivity contribution is -0.172. The molecule has 0 saturated carbocycles. The van der Waals surface area contributed by atoms with Crippen LogP contribution >= 0.6 is 0 Å². The highest BCUT2D eigenvalue weighted by Gasteiger charge is 2.47. The second-order valence-corrected chi connectivity index (χ2v) is 19.1. The van der Waals surface area contributed by atoms with E-state index >= 15 is 0 Å². The summed E-state index contributed by atoms with van der Waals surface area (Å²) < 4.78 is 11.6. The number of fused-ring (bicyclic) bond motifs is 3. The van der Waals surface area contributed by atoms with Gasteiger partial charge in [-0.1, -0.05) is 78.8 Å². The van der Waals surface area contributed by atoms with Gasteiger partial charge in [0, 0.05) is 32.7 Å². The molecule has 4 saturated heterocycles. The number of ether oxygens (including phenoxy) is 2. The second-order valence-electron chi connectivity index (χ2n) is 19.1. The van der Waals surface area contributed by atoms with Crippen molar-refractivity contribution in [1.82, 2.24) is 30.2 Å². The van der Waals surface area contributed by atoms with Crippen LogP contribution < -0.4 is 10.6 Å². The summed E-state index contributed by atoms with van der Waals surface area (Å²) in [4.78, 5) is 120. The fourth-order valence-corrected chi connectivity index (χ4v) is 9.78. The van der Waals surface area contributed by atoms with Gasteiger partial charge in [-0.05, 0) is 88.0 Å². The van der Waals surface area contributed by atoms with Gasteiger partial charge >= 0.3 is 11.9 Å². The van der Waals surface area contributed by atoms with Crippen molar-refractivity contribution >= 4 is 47.4 Å². The Morgan fingerprint density at radius 2 is 1.13 bits per heavy atom. The number of cyclic esters (lactones) is 2. The molecule has 1 unspecified atom stereocenters. The number of benzene rings is 1. The van der Waals surface area contributed by atoms with E-state index in [-0.39, 0.29) is 32.0 Å². The second kappa shape index (κ2) is 21.1. The molecule has 63 heavy (non-hydrogen) atoms. The lowest BCUT2D eigenvalue weighted by Gasteiger charge is -2.38. The molecule has 4 heterocycles. The Hall–Kier alpha value is -5.02. The standard InChI is InChI=1S/C47H70N6O10/c1-26(2)36-30(8)46(60)62-31(9)42(56)53-24-16-21-35(53)47(61)63-39(28(5)6)45(59)50(10)38(27(3)4)44(58)52-23-15-20-34(52)41(55)49-37(29(7)25-32-17-12-11-13-18-32)43(57)51-22-14-19-33(51)40(54)48-36/h11-13,17-18,26-31,33-39H,14-16,19-25H2,1-10H3,(H,48,54)(H,49,55)/t29-,30-,31+,33+,34+,35+,36?,37+,38-,39+/m1/s1. The highest BCUT2D eigenvalue weighted by atomic mass is 16.6. The van der Waals surface area contributed by atoms with Gasteiger partial charge in [0.15, 0.2) is 12.2 Å². The Morgan fingerprint density at radius 1 is 0.603 bits per heavy atom. The van der Waals surface area contributed by atoms with E-state index in [1.807, 2.05) is 51.1 Å². The quantitative estimate of drug-likeness (QED) is 0.402. The molecule has 2 N–H and O–H groups in total. The maximum atomic E-state index is 14.8. The minimum Gasteiger partial charge on any atom is -0.452 e. The van der Waals surface area contributed by atoms with Crippen molar-refractivity contribution in [1.29, 1.82) is 0 Å². The summed E-state index contributed by atoms with van der Waals surface area (Å²) in [5.74, 6) is -7.03. The zero-order chi connectivity index (χ0) is 46.4. The van der Waals surface area contributed by atoms with Crippen LogP contribution in [-0.2, 0) is 54.3 Å². The molecule has 4 aliphatic rings. The van der Waals surface area contributed by atoms with Gasteiger partial charge in [-0.15, -0.1) is 0 Å². The topological polar surface area (TPSA) is 192 Å².